The van der Waals surface area contributed by atoms with Crippen molar-refractivity contribution in [3.63, 3.8) is 0 Å². The van der Waals surface area contributed by atoms with Gasteiger partial charge in [0, 0.05) is 11.8 Å². The number of sulfone groups is 1. The van der Waals surface area contributed by atoms with Gasteiger partial charge in [0.15, 0.2) is 21.3 Å². The van der Waals surface area contributed by atoms with E-state index in [0.717, 1.165) is 0 Å². The zero-order valence-corrected chi connectivity index (χ0v) is 12.2. The Bertz CT molecular complexity index is 723. The third-order valence-corrected chi connectivity index (χ3v) is 6.10. The summed E-state index contributed by atoms with van der Waals surface area (Å²) in [4.78, 5) is 0. The van der Waals surface area contributed by atoms with Crippen molar-refractivity contribution < 1.29 is 17.9 Å². The van der Waals surface area contributed by atoms with Gasteiger partial charge in [0.2, 0.25) is 0 Å². The molecule has 0 bridgehead atoms. The van der Waals surface area contributed by atoms with Crippen LogP contribution in [0.25, 0.3) is 0 Å². The maximum atomic E-state index is 12.3. The Kier molecular flexibility index (Phi) is 3.31. The number of benzene rings is 1. The second-order valence-electron chi connectivity index (χ2n) is 4.39. The van der Waals surface area contributed by atoms with Crippen LogP contribution in [0.5, 0.6) is 11.5 Å². The number of hydrogen-bond acceptors (Lipinski definition) is 6. The van der Waals surface area contributed by atoms with Crippen LogP contribution in [-0.4, -0.2) is 21.6 Å². The van der Waals surface area contributed by atoms with Gasteiger partial charge in [-0.1, -0.05) is 6.07 Å². The van der Waals surface area contributed by atoms with Crippen molar-refractivity contribution in [3.8, 4) is 11.5 Å². The van der Waals surface area contributed by atoms with Crippen molar-refractivity contribution in [2.24, 2.45) is 0 Å². The average Bonchev–Trinajstić information content (AvgIpc) is 2.94. The molecule has 2 aromatic rings. The molecule has 0 saturated carbocycles. The van der Waals surface area contributed by atoms with Crippen LogP contribution in [0, 0.1) is 0 Å². The van der Waals surface area contributed by atoms with Crippen molar-refractivity contribution in [3.05, 3.63) is 35.2 Å². The fourth-order valence-corrected chi connectivity index (χ4v) is 4.45. The molecule has 0 amide bonds. The van der Waals surface area contributed by atoms with Gasteiger partial charge in [0.25, 0.3) is 0 Å². The monoisotopic (exact) mass is 311 g/mol. The largest absolute Gasteiger partial charge is 0.486 e. The highest BCUT2D eigenvalue weighted by Crippen LogP contribution is 2.36. The lowest BCUT2D eigenvalue weighted by Crippen LogP contribution is -2.16. The van der Waals surface area contributed by atoms with E-state index in [1.54, 1.807) is 29.6 Å². The van der Waals surface area contributed by atoms with E-state index >= 15 is 0 Å². The van der Waals surface area contributed by atoms with Crippen LogP contribution >= 0.6 is 11.3 Å². The molecule has 0 aliphatic carbocycles. The number of anilines is 1. The zero-order valence-electron chi connectivity index (χ0n) is 10.5. The van der Waals surface area contributed by atoms with E-state index in [1.807, 2.05) is 0 Å². The molecular formula is C13H13NO4S2. The lowest BCUT2D eigenvalue weighted by atomic mass is 10.2. The molecule has 1 aliphatic heterocycles. The van der Waals surface area contributed by atoms with E-state index in [-0.39, 0.29) is 5.75 Å². The maximum absolute atomic E-state index is 12.3. The first-order valence-corrected chi connectivity index (χ1v) is 8.54. The average molecular weight is 311 g/mol. The summed E-state index contributed by atoms with van der Waals surface area (Å²) in [6.45, 7) is 0.924. The highest BCUT2D eigenvalue weighted by Gasteiger charge is 2.21. The molecule has 7 heteroatoms. The fraction of sp³-hybridized carbons (Fsp3) is 0.231. The van der Waals surface area contributed by atoms with Crippen LogP contribution in [0.1, 0.15) is 5.56 Å². The van der Waals surface area contributed by atoms with Gasteiger partial charge in [-0.25, -0.2) is 8.42 Å². The van der Waals surface area contributed by atoms with Crippen LogP contribution in [0.3, 0.4) is 0 Å². The summed E-state index contributed by atoms with van der Waals surface area (Å²) < 4.78 is 35.7. The van der Waals surface area contributed by atoms with Gasteiger partial charge < -0.3 is 15.2 Å². The summed E-state index contributed by atoms with van der Waals surface area (Å²) in [6, 6.07) is 6.57. The summed E-state index contributed by atoms with van der Waals surface area (Å²) in [5.41, 5.74) is 6.84. The normalized spacial score (nSPS) is 14.2. The van der Waals surface area contributed by atoms with Gasteiger partial charge in [-0.3, -0.25) is 0 Å². The van der Waals surface area contributed by atoms with Crippen LogP contribution in [0.4, 0.5) is 5.69 Å². The summed E-state index contributed by atoms with van der Waals surface area (Å²) in [5, 5.41) is 1.74. The number of rotatable bonds is 3. The van der Waals surface area contributed by atoms with Crippen molar-refractivity contribution in [2.45, 2.75) is 9.96 Å². The van der Waals surface area contributed by atoms with E-state index in [4.69, 9.17) is 15.2 Å². The molecule has 1 aliphatic rings. The van der Waals surface area contributed by atoms with Gasteiger partial charge in [0.1, 0.15) is 17.4 Å². The molecule has 2 heterocycles. The first kappa shape index (κ1) is 13.3. The van der Waals surface area contributed by atoms with Crippen molar-refractivity contribution in [2.75, 3.05) is 18.9 Å². The van der Waals surface area contributed by atoms with Gasteiger partial charge in [-0.15, -0.1) is 11.3 Å². The first-order chi connectivity index (χ1) is 9.56. The molecule has 0 unspecified atom stereocenters. The second-order valence-corrected chi connectivity index (χ2v) is 7.55. The Morgan fingerprint density at radius 2 is 1.90 bits per heavy atom. The number of ether oxygens (including phenoxy) is 2. The van der Waals surface area contributed by atoms with E-state index in [1.165, 1.54) is 11.3 Å². The molecule has 106 valence electrons. The Labute approximate surface area is 120 Å². The maximum Gasteiger partial charge on any atom is 0.191 e. The topological polar surface area (TPSA) is 78.6 Å². The number of nitrogen functional groups attached to an aromatic ring is 1. The van der Waals surface area contributed by atoms with E-state index < -0.39 is 9.84 Å². The third-order valence-electron chi connectivity index (χ3n) is 2.95. The molecule has 0 fully saturated rings. The molecule has 0 atom stereocenters. The molecule has 0 saturated heterocycles. The van der Waals surface area contributed by atoms with Gasteiger partial charge in [0.05, 0.1) is 5.75 Å². The van der Waals surface area contributed by atoms with Crippen LogP contribution in [0.2, 0.25) is 0 Å². The Balaban J connectivity index is 1.95. The Morgan fingerprint density at radius 1 is 1.20 bits per heavy atom. The minimum absolute atomic E-state index is 0.143. The zero-order chi connectivity index (χ0) is 14.2. The molecular weight excluding hydrogens is 298 g/mol. The van der Waals surface area contributed by atoms with Crippen molar-refractivity contribution in [1.82, 2.24) is 0 Å². The third kappa shape index (κ3) is 2.46. The SMILES string of the molecule is Nc1cc2c(cc1CS(=O)(=O)c1cccs1)OCCO2. The Morgan fingerprint density at radius 3 is 2.55 bits per heavy atom. The number of nitrogens with two attached hydrogens (primary N) is 1. The highest BCUT2D eigenvalue weighted by molar-refractivity contribution is 7.92. The van der Waals surface area contributed by atoms with Crippen LogP contribution < -0.4 is 15.2 Å². The highest BCUT2D eigenvalue weighted by atomic mass is 32.2. The molecule has 1 aromatic heterocycles. The standard InChI is InChI=1S/C13H13NO4S2/c14-10-7-12-11(17-3-4-18-12)6-9(10)8-20(15,16)13-2-1-5-19-13/h1-2,5-7H,3-4,8,14H2. The quantitative estimate of drug-likeness (QED) is 0.878. The van der Waals surface area contributed by atoms with Crippen molar-refractivity contribution in [1.29, 1.82) is 0 Å². The fourth-order valence-electron chi connectivity index (χ4n) is 1.99. The minimum atomic E-state index is -3.38. The Hall–Kier alpha value is -1.73. The molecule has 0 radical (unpaired) electrons. The second kappa shape index (κ2) is 4.99. The summed E-state index contributed by atoms with van der Waals surface area (Å²) in [6.07, 6.45) is 0. The van der Waals surface area contributed by atoms with E-state index in [2.05, 4.69) is 0 Å². The minimum Gasteiger partial charge on any atom is -0.486 e. The van der Waals surface area contributed by atoms with Gasteiger partial charge >= 0.3 is 0 Å². The molecule has 2 N–H and O–H groups in total. The lowest BCUT2D eigenvalue weighted by Gasteiger charge is -2.20. The summed E-state index contributed by atoms with van der Waals surface area (Å²) in [5.74, 6) is 0.962. The summed E-state index contributed by atoms with van der Waals surface area (Å²) in [7, 11) is -3.38. The van der Waals surface area contributed by atoms with Gasteiger partial charge in [-0.05, 0) is 23.1 Å². The van der Waals surface area contributed by atoms with E-state index in [0.29, 0.717) is 40.2 Å². The molecule has 0 spiro atoms. The number of hydrogen-bond donors (Lipinski definition) is 1. The number of thiophene rings is 1. The van der Waals surface area contributed by atoms with Gasteiger partial charge in [-0.2, -0.15) is 0 Å². The first-order valence-electron chi connectivity index (χ1n) is 6.00. The predicted molar refractivity (Wildman–Crippen MR) is 77.1 cm³/mol. The van der Waals surface area contributed by atoms with Crippen LogP contribution in [0.15, 0.2) is 33.9 Å². The molecule has 1 aromatic carbocycles. The van der Waals surface area contributed by atoms with E-state index in [9.17, 15) is 8.42 Å². The predicted octanol–water partition coefficient (Wildman–Crippen LogP) is 2.08. The number of fused-ring (bicyclic) bond motifs is 1. The lowest BCUT2D eigenvalue weighted by molar-refractivity contribution is 0.171. The molecule has 20 heavy (non-hydrogen) atoms. The van der Waals surface area contributed by atoms with Crippen molar-refractivity contribution >= 4 is 26.9 Å². The van der Waals surface area contributed by atoms with Crippen LogP contribution in [-0.2, 0) is 15.6 Å². The summed E-state index contributed by atoms with van der Waals surface area (Å²) >= 11 is 1.20. The molecule has 3 rings (SSSR count). The smallest absolute Gasteiger partial charge is 0.191 e. The molecule has 5 nitrogen and oxygen atoms in total.